The van der Waals surface area contributed by atoms with E-state index in [2.05, 4.69) is 15.2 Å². The number of likely N-dealkylation sites (tertiary alicyclic amines) is 1. The van der Waals surface area contributed by atoms with Gasteiger partial charge >= 0.3 is 5.97 Å². The second-order valence-corrected chi connectivity index (χ2v) is 7.83. The van der Waals surface area contributed by atoms with E-state index in [0.29, 0.717) is 36.0 Å². The molecule has 3 aromatic rings. The van der Waals surface area contributed by atoms with Gasteiger partial charge in [-0.3, -0.25) is 14.5 Å². The molecule has 0 spiro atoms. The van der Waals surface area contributed by atoms with Crippen LogP contribution in [0, 0.1) is 5.92 Å². The van der Waals surface area contributed by atoms with Crippen LogP contribution in [0.4, 0.5) is 5.82 Å². The summed E-state index contributed by atoms with van der Waals surface area (Å²) in [6, 6.07) is 18.8. The van der Waals surface area contributed by atoms with Gasteiger partial charge in [-0.05, 0) is 23.3 Å². The molecule has 0 bridgehead atoms. The molecule has 1 aliphatic rings. The van der Waals surface area contributed by atoms with Gasteiger partial charge in [0.05, 0.1) is 23.6 Å². The molecule has 6 nitrogen and oxygen atoms in total. The van der Waals surface area contributed by atoms with Gasteiger partial charge in [-0.1, -0.05) is 60.1 Å². The number of nitrogens with zero attached hydrogens (tertiary/aromatic N) is 2. The summed E-state index contributed by atoms with van der Waals surface area (Å²) in [4.78, 5) is 30.7. The summed E-state index contributed by atoms with van der Waals surface area (Å²) in [5.74, 6) is -0.0759. The molecule has 4 rings (SSSR count). The largest absolute Gasteiger partial charge is 0.469 e. The molecule has 1 amide bonds. The first-order valence-corrected chi connectivity index (χ1v) is 10.3. The van der Waals surface area contributed by atoms with Crippen LogP contribution in [0.25, 0.3) is 11.1 Å². The molecule has 1 fully saturated rings. The van der Waals surface area contributed by atoms with Crippen molar-refractivity contribution < 1.29 is 14.3 Å². The molecule has 0 atom stereocenters. The molecule has 1 saturated heterocycles. The van der Waals surface area contributed by atoms with Crippen molar-refractivity contribution >= 4 is 29.3 Å². The minimum atomic E-state index is -0.313. The van der Waals surface area contributed by atoms with Crippen molar-refractivity contribution in [2.24, 2.45) is 5.92 Å². The molecule has 7 heteroatoms. The van der Waals surface area contributed by atoms with E-state index in [1.54, 1.807) is 18.3 Å². The molecular formula is C24H22ClN3O3. The smallest absolute Gasteiger partial charge is 0.311 e. The van der Waals surface area contributed by atoms with Gasteiger partial charge in [0.15, 0.2) is 0 Å². The van der Waals surface area contributed by atoms with E-state index in [1.807, 2.05) is 48.5 Å². The number of anilines is 1. The van der Waals surface area contributed by atoms with E-state index in [0.717, 1.165) is 16.7 Å². The average Bonchev–Trinajstić information content (AvgIpc) is 2.77. The van der Waals surface area contributed by atoms with Gasteiger partial charge in [-0.15, -0.1) is 0 Å². The summed E-state index contributed by atoms with van der Waals surface area (Å²) in [5.41, 5.74) is 3.15. The molecule has 1 N–H and O–H groups in total. The molecule has 1 aromatic heterocycles. The fourth-order valence-electron chi connectivity index (χ4n) is 3.60. The summed E-state index contributed by atoms with van der Waals surface area (Å²) in [7, 11) is 1.41. The van der Waals surface area contributed by atoms with Crippen molar-refractivity contribution in [3.63, 3.8) is 0 Å². The third kappa shape index (κ3) is 4.76. The number of rotatable bonds is 6. The Labute approximate surface area is 185 Å². The predicted octanol–water partition coefficient (Wildman–Crippen LogP) is 4.26. The number of ether oxygens (including phenoxy) is 1. The number of methoxy groups -OCH3 is 1. The Balaban J connectivity index is 1.39. The zero-order chi connectivity index (χ0) is 21.8. The molecule has 158 valence electrons. The van der Waals surface area contributed by atoms with E-state index in [-0.39, 0.29) is 17.8 Å². The van der Waals surface area contributed by atoms with Crippen LogP contribution in [-0.2, 0) is 16.1 Å². The minimum Gasteiger partial charge on any atom is -0.469 e. The highest BCUT2D eigenvalue weighted by Gasteiger charge is 2.33. The summed E-state index contributed by atoms with van der Waals surface area (Å²) >= 11 is 6.53. The number of pyridine rings is 1. The first kappa shape index (κ1) is 21.0. The number of nitrogens with one attached hydrogen (secondary N) is 1. The Morgan fingerprint density at radius 1 is 1.10 bits per heavy atom. The third-order valence-corrected chi connectivity index (χ3v) is 5.70. The molecule has 31 heavy (non-hydrogen) atoms. The summed E-state index contributed by atoms with van der Waals surface area (Å²) in [6.07, 6.45) is 1.73. The maximum Gasteiger partial charge on any atom is 0.311 e. The number of esters is 1. The maximum atomic E-state index is 12.8. The van der Waals surface area contributed by atoms with E-state index in [9.17, 15) is 9.59 Å². The van der Waals surface area contributed by atoms with E-state index >= 15 is 0 Å². The van der Waals surface area contributed by atoms with Gasteiger partial charge in [0.25, 0.3) is 5.91 Å². The number of hydrogen-bond donors (Lipinski definition) is 1. The zero-order valence-corrected chi connectivity index (χ0v) is 17.8. The highest BCUT2D eigenvalue weighted by Crippen LogP contribution is 2.31. The topological polar surface area (TPSA) is 71.5 Å². The number of carbonyl (C=O) groups is 2. The van der Waals surface area contributed by atoms with Crippen LogP contribution in [0.3, 0.4) is 0 Å². The number of amides is 1. The first-order valence-electron chi connectivity index (χ1n) is 9.95. The van der Waals surface area contributed by atoms with Crippen LogP contribution < -0.4 is 5.32 Å². The fraction of sp³-hybridized carbons (Fsp3) is 0.208. The lowest BCUT2D eigenvalue weighted by Crippen LogP contribution is -2.49. The predicted molar refractivity (Wildman–Crippen MR) is 120 cm³/mol. The highest BCUT2D eigenvalue weighted by molar-refractivity contribution is 6.37. The lowest BCUT2D eigenvalue weighted by molar-refractivity contribution is -0.151. The molecule has 0 aliphatic carbocycles. The van der Waals surface area contributed by atoms with Gasteiger partial charge in [0.2, 0.25) is 0 Å². The third-order valence-electron chi connectivity index (χ3n) is 5.29. The molecule has 2 heterocycles. The van der Waals surface area contributed by atoms with Crippen molar-refractivity contribution in [3.05, 3.63) is 83.0 Å². The monoisotopic (exact) mass is 435 g/mol. The van der Waals surface area contributed by atoms with Gasteiger partial charge in [-0.25, -0.2) is 4.98 Å². The van der Waals surface area contributed by atoms with Gasteiger partial charge in [0, 0.05) is 31.4 Å². The number of aromatic nitrogens is 1. The Kier molecular flexibility index (Phi) is 6.30. The van der Waals surface area contributed by atoms with Gasteiger partial charge < -0.3 is 10.1 Å². The highest BCUT2D eigenvalue weighted by atomic mass is 35.5. The molecule has 0 unspecified atom stereocenters. The van der Waals surface area contributed by atoms with Crippen LogP contribution in [-0.4, -0.2) is 42.0 Å². The zero-order valence-electron chi connectivity index (χ0n) is 17.0. The summed E-state index contributed by atoms with van der Waals surface area (Å²) in [5, 5.41) is 3.21. The van der Waals surface area contributed by atoms with E-state index < -0.39 is 0 Å². The van der Waals surface area contributed by atoms with Crippen LogP contribution in [0.15, 0.2) is 66.9 Å². The Hall–Kier alpha value is -3.22. The van der Waals surface area contributed by atoms with E-state index in [4.69, 9.17) is 16.3 Å². The van der Waals surface area contributed by atoms with Crippen LogP contribution in [0.5, 0.6) is 0 Å². The normalized spacial score (nSPS) is 14.0. The standard InChI is InChI=1S/C24H22ClN3O3/c1-31-24(30)18-14-28(15-18)13-16-10-11-21(26-12-16)27-23(29)20-9-5-8-19(22(20)25)17-6-3-2-4-7-17/h2-12,18H,13-15H2,1H3,(H,26,27,29). The maximum absolute atomic E-state index is 12.8. The van der Waals surface area contributed by atoms with Gasteiger partial charge in [0.1, 0.15) is 5.82 Å². The number of hydrogen-bond acceptors (Lipinski definition) is 5. The Morgan fingerprint density at radius 3 is 2.55 bits per heavy atom. The van der Waals surface area contributed by atoms with E-state index in [1.165, 1.54) is 7.11 Å². The number of halogens is 1. The number of benzene rings is 2. The van der Waals surface area contributed by atoms with Crippen molar-refractivity contribution in [2.75, 3.05) is 25.5 Å². The second kappa shape index (κ2) is 9.29. The first-order chi connectivity index (χ1) is 15.0. The minimum absolute atomic E-state index is 0.0482. The Morgan fingerprint density at radius 2 is 1.87 bits per heavy atom. The summed E-state index contributed by atoms with van der Waals surface area (Å²) < 4.78 is 4.76. The average molecular weight is 436 g/mol. The quantitative estimate of drug-likeness (QED) is 0.586. The lowest BCUT2D eigenvalue weighted by Gasteiger charge is -2.37. The molecular weight excluding hydrogens is 414 g/mol. The molecule has 0 saturated carbocycles. The molecule has 1 aliphatic heterocycles. The molecule has 2 aromatic carbocycles. The lowest BCUT2D eigenvalue weighted by atomic mass is 10.00. The number of carbonyl (C=O) groups excluding carboxylic acids is 2. The van der Waals surface area contributed by atoms with Crippen molar-refractivity contribution in [1.82, 2.24) is 9.88 Å². The van der Waals surface area contributed by atoms with Gasteiger partial charge in [-0.2, -0.15) is 0 Å². The Bertz CT molecular complexity index is 1080. The fourth-order valence-corrected chi connectivity index (χ4v) is 3.92. The van der Waals surface area contributed by atoms with Crippen LogP contribution in [0.2, 0.25) is 5.02 Å². The summed E-state index contributed by atoms with van der Waals surface area (Å²) in [6.45, 7) is 2.06. The van der Waals surface area contributed by atoms with Crippen LogP contribution in [0.1, 0.15) is 15.9 Å². The van der Waals surface area contributed by atoms with Crippen molar-refractivity contribution in [3.8, 4) is 11.1 Å². The van der Waals surface area contributed by atoms with Crippen LogP contribution >= 0.6 is 11.6 Å². The van der Waals surface area contributed by atoms with Crippen molar-refractivity contribution in [1.29, 1.82) is 0 Å². The SMILES string of the molecule is COC(=O)C1CN(Cc2ccc(NC(=O)c3cccc(-c4ccccc4)c3Cl)nc2)C1. The molecule has 0 radical (unpaired) electrons. The second-order valence-electron chi connectivity index (χ2n) is 7.45. The van der Waals surface area contributed by atoms with Crippen molar-refractivity contribution in [2.45, 2.75) is 6.54 Å².